The minimum atomic E-state index is -1.78. The number of amides is 1. The van der Waals surface area contributed by atoms with E-state index in [2.05, 4.69) is 19.2 Å². The number of carbonyl (C=O) groups excluding carboxylic acids is 1. The Hall–Kier alpha value is -1.27. The first-order chi connectivity index (χ1) is 33.6. The molecule has 9 N–H and O–H groups in total. The fourth-order valence-electron chi connectivity index (χ4n) is 9.59. The van der Waals surface area contributed by atoms with E-state index in [0.29, 0.717) is 6.42 Å². The largest absolute Gasteiger partial charge is 0.394 e. The Morgan fingerprint density at radius 1 is 0.507 bits per heavy atom. The van der Waals surface area contributed by atoms with Gasteiger partial charge in [-0.1, -0.05) is 225 Å². The van der Waals surface area contributed by atoms with Gasteiger partial charge in [-0.05, 0) is 19.3 Å². The summed E-state index contributed by atoms with van der Waals surface area (Å²) in [6, 6.07) is -0.908. The second-order valence-corrected chi connectivity index (χ2v) is 20.4. The molecule has 408 valence electrons. The van der Waals surface area contributed by atoms with Crippen LogP contribution in [0.1, 0.15) is 239 Å². The van der Waals surface area contributed by atoms with Crippen LogP contribution in [0.3, 0.4) is 0 Å². The number of aliphatic hydroxyl groups excluding tert-OH is 8. The molecule has 2 saturated heterocycles. The van der Waals surface area contributed by atoms with Crippen LogP contribution in [-0.2, 0) is 23.7 Å². The van der Waals surface area contributed by atoms with E-state index in [1.165, 1.54) is 173 Å². The maximum atomic E-state index is 13.2. The Labute approximate surface area is 418 Å². The van der Waals surface area contributed by atoms with Crippen LogP contribution in [0.15, 0.2) is 12.2 Å². The van der Waals surface area contributed by atoms with Crippen molar-refractivity contribution in [2.75, 3.05) is 19.8 Å². The topological polar surface area (TPSA) is 228 Å². The summed E-state index contributed by atoms with van der Waals surface area (Å²) in [6.07, 6.45) is 29.6. The van der Waals surface area contributed by atoms with Crippen molar-refractivity contribution in [2.24, 2.45) is 0 Å². The third-order valence-corrected chi connectivity index (χ3v) is 14.2. The van der Waals surface area contributed by atoms with Gasteiger partial charge >= 0.3 is 0 Å². The van der Waals surface area contributed by atoms with E-state index in [0.717, 1.165) is 38.5 Å². The quantitative estimate of drug-likeness (QED) is 0.0206. The predicted octanol–water partition coefficient (Wildman–Crippen LogP) is 8.72. The van der Waals surface area contributed by atoms with E-state index in [9.17, 15) is 45.6 Å². The molecular formula is C55H105NO13. The zero-order valence-corrected chi connectivity index (χ0v) is 43.6. The maximum Gasteiger partial charge on any atom is 0.220 e. The smallest absolute Gasteiger partial charge is 0.220 e. The minimum absolute atomic E-state index is 0.235. The molecule has 0 aromatic heterocycles. The Morgan fingerprint density at radius 2 is 0.899 bits per heavy atom. The van der Waals surface area contributed by atoms with Gasteiger partial charge in [0.2, 0.25) is 5.91 Å². The van der Waals surface area contributed by atoms with Crippen LogP contribution in [0.2, 0.25) is 0 Å². The Morgan fingerprint density at radius 3 is 1.33 bits per heavy atom. The van der Waals surface area contributed by atoms with Gasteiger partial charge in [0.25, 0.3) is 0 Å². The normalized spacial score (nSPS) is 26.2. The fourth-order valence-corrected chi connectivity index (χ4v) is 9.59. The zero-order valence-electron chi connectivity index (χ0n) is 43.6. The zero-order chi connectivity index (χ0) is 50.3. The Balaban J connectivity index is 1.77. The lowest BCUT2D eigenvalue weighted by atomic mass is 9.97. The average molecular weight is 988 g/mol. The number of carbonyl (C=O) groups is 1. The van der Waals surface area contributed by atoms with Crippen molar-refractivity contribution in [1.29, 1.82) is 0 Å². The molecule has 0 aliphatic carbocycles. The average Bonchev–Trinajstić information content (AvgIpc) is 3.35. The first kappa shape index (κ1) is 63.8. The molecular weight excluding hydrogens is 883 g/mol. The molecule has 2 heterocycles. The number of hydrogen-bond donors (Lipinski definition) is 9. The summed E-state index contributed by atoms with van der Waals surface area (Å²) in [5.74, 6) is -0.235. The molecule has 14 heteroatoms. The summed E-state index contributed by atoms with van der Waals surface area (Å²) in [7, 11) is 0. The number of allylic oxidation sites excluding steroid dienone is 1. The molecule has 0 aromatic rings. The molecule has 0 aromatic carbocycles. The lowest BCUT2D eigenvalue weighted by Crippen LogP contribution is -2.65. The number of nitrogens with one attached hydrogen (secondary N) is 1. The summed E-state index contributed by atoms with van der Waals surface area (Å²) in [6.45, 7) is 2.81. The van der Waals surface area contributed by atoms with E-state index in [1.54, 1.807) is 6.08 Å². The number of hydrogen-bond acceptors (Lipinski definition) is 13. The third-order valence-electron chi connectivity index (χ3n) is 14.2. The number of ether oxygens (including phenoxy) is 4. The van der Waals surface area contributed by atoms with Crippen molar-refractivity contribution in [3.05, 3.63) is 12.2 Å². The molecule has 0 saturated carbocycles. The van der Waals surface area contributed by atoms with Gasteiger partial charge in [0.1, 0.15) is 48.8 Å². The monoisotopic (exact) mass is 988 g/mol. The highest BCUT2D eigenvalue weighted by Gasteiger charge is 2.51. The molecule has 2 aliphatic heterocycles. The first-order valence-corrected chi connectivity index (χ1v) is 28.4. The molecule has 12 atom stereocenters. The standard InChI is InChI=1S/C55H105NO13/c1-3-5-7-9-11-13-15-17-19-20-21-22-23-24-25-27-29-31-33-35-37-39-47(60)56-43(44(59)38-36-34-32-30-28-26-18-16-14-12-10-8-6-4-2)42-66-54-52(65)50(63)53(46(41-58)68-54)69-55-51(64)49(62)48(61)45(40-57)67-55/h36,38,43-46,48-55,57-59,61-65H,3-35,37,39-42H2,1-2H3,(H,56,60)/b38-36+. The highest BCUT2D eigenvalue weighted by atomic mass is 16.7. The summed E-state index contributed by atoms with van der Waals surface area (Å²) >= 11 is 0. The first-order valence-electron chi connectivity index (χ1n) is 28.4. The number of unbranched alkanes of at least 4 members (excludes halogenated alkanes) is 32. The molecule has 0 spiro atoms. The van der Waals surface area contributed by atoms with E-state index in [1.807, 2.05) is 6.08 Å². The summed E-state index contributed by atoms with van der Waals surface area (Å²) in [4.78, 5) is 13.2. The summed E-state index contributed by atoms with van der Waals surface area (Å²) < 4.78 is 22.7. The van der Waals surface area contributed by atoms with Crippen LogP contribution in [0.25, 0.3) is 0 Å². The van der Waals surface area contributed by atoms with Crippen LogP contribution >= 0.6 is 0 Å². The van der Waals surface area contributed by atoms with Gasteiger partial charge in [0.15, 0.2) is 12.6 Å². The van der Waals surface area contributed by atoms with Crippen molar-refractivity contribution >= 4 is 5.91 Å². The highest BCUT2D eigenvalue weighted by molar-refractivity contribution is 5.76. The van der Waals surface area contributed by atoms with Gasteiger partial charge in [-0.3, -0.25) is 4.79 Å². The van der Waals surface area contributed by atoms with Gasteiger partial charge in [-0.25, -0.2) is 0 Å². The molecule has 69 heavy (non-hydrogen) atoms. The van der Waals surface area contributed by atoms with E-state index in [-0.39, 0.29) is 18.9 Å². The third kappa shape index (κ3) is 28.7. The SMILES string of the molecule is CCCCCCCCCCCCCC/C=C/C(O)C(COC1OC(CO)C(OC2OC(CO)C(O)C(O)C2O)C(O)C1O)NC(=O)CCCCCCCCCCCCCCCCCCCCCCC. The van der Waals surface area contributed by atoms with Crippen molar-refractivity contribution in [3.63, 3.8) is 0 Å². The molecule has 12 unspecified atom stereocenters. The van der Waals surface area contributed by atoms with Crippen molar-refractivity contribution in [3.8, 4) is 0 Å². The van der Waals surface area contributed by atoms with Gasteiger partial charge in [-0.15, -0.1) is 0 Å². The highest BCUT2D eigenvalue weighted by Crippen LogP contribution is 2.30. The number of rotatable bonds is 45. The molecule has 2 aliphatic rings. The lowest BCUT2D eigenvalue weighted by molar-refractivity contribution is -0.359. The molecule has 2 fully saturated rings. The lowest BCUT2D eigenvalue weighted by Gasteiger charge is -2.46. The molecule has 1 amide bonds. The van der Waals surface area contributed by atoms with E-state index in [4.69, 9.17) is 18.9 Å². The fraction of sp³-hybridized carbons (Fsp3) is 0.945. The van der Waals surface area contributed by atoms with Gasteiger partial charge in [0.05, 0.1) is 32.0 Å². The van der Waals surface area contributed by atoms with E-state index >= 15 is 0 Å². The van der Waals surface area contributed by atoms with Crippen LogP contribution in [0.5, 0.6) is 0 Å². The van der Waals surface area contributed by atoms with E-state index < -0.39 is 86.8 Å². The molecule has 0 radical (unpaired) electrons. The van der Waals surface area contributed by atoms with Crippen LogP contribution < -0.4 is 5.32 Å². The van der Waals surface area contributed by atoms with Gasteiger partial charge < -0.3 is 65.1 Å². The summed E-state index contributed by atoms with van der Waals surface area (Å²) in [5.41, 5.74) is 0. The Kier molecular flexibility index (Phi) is 39.0. The van der Waals surface area contributed by atoms with Crippen molar-refractivity contribution in [2.45, 2.75) is 312 Å². The predicted molar refractivity (Wildman–Crippen MR) is 272 cm³/mol. The van der Waals surface area contributed by atoms with Crippen LogP contribution in [0, 0.1) is 0 Å². The van der Waals surface area contributed by atoms with Gasteiger partial charge in [0, 0.05) is 6.42 Å². The van der Waals surface area contributed by atoms with Crippen molar-refractivity contribution in [1.82, 2.24) is 5.32 Å². The van der Waals surface area contributed by atoms with Crippen molar-refractivity contribution < 1.29 is 64.6 Å². The van der Waals surface area contributed by atoms with Crippen LogP contribution in [-0.4, -0.2) is 140 Å². The second-order valence-electron chi connectivity index (χ2n) is 20.4. The summed E-state index contributed by atoms with van der Waals surface area (Å²) in [5, 5.41) is 86.9. The Bertz CT molecular complexity index is 1210. The van der Waals surface area contributed by atoms with Crippen LogP contribution in [0.4, 0.5) is 0 Å². The molecule has 0 bridgehead atoms. The number of aliphatic hydroxyl groups is 8. The minimum Gasteiger partial charge on any atom is -0.394 e. The molecule has 2 rings (SSSR count). The van der Waals surface area contributed by atoms with Gasteiger partial charge in [-0.2, -0.15) is 0 Å². The maximum absolute atomic E-state index is 13.2. The molecule has 14 nitrogen and oxygen atoms in total. The second kappa shape index (κ2) is 42.1.